The summed E-state index contributed by atoms with van der Waals surface area (Å²) in [6.45, 7) is 0.884. The van der Waals surface area contributed by atoms with Gasteiger partial charge in [-0.2, -0.15) is 13.0 Å². The van der Waals surface area contributed by atoms with Crippen LogP contribution in [0.4, 0.5) is 5.69 Å². The third kappa shape index (κ3) is 7.56. The molecule has 2 aromatic carbocycles. The van der Waals surface area contributed by atoms with Gasteiger partial charge >= 0.3 is 0 Å². The van der Waals surface area contributed by atoms with Crippen LogP contribution >= 0.6 is 34.5 Å². The molecule has 1 aliphatic heterocycles. The molecule has 200 valence electrons. The number of rotatable bonds is 11. The number of benzene rings is 2. The minimum atomic E-state index is -4.29. The molecule has 0 saturated heterocycles. The van der Waals surface area contributed by atoms with Crippen LogP contribution < -0.4 is 14.2 Å². The number of fused-ring (bicyclic) bond motifs is 2. The Balaban J connectivity index is 1.66. The largest absolute Gasteiger partial charge is 0.748 e. The van der Waals surface area contributed by atoms with Gasteiger partial charge in [0.25, 0.3) is 15.1 Å². The summed E-state index contributed by atoms with van der Waals surface area (Å²) in [6.07, 6.45) is 3.30. The smallest absolute Gasteiger partial charge is 0.268 e. The Morgan fingerprint density at radius 1 is 1.00 bits per heavy atom. The summed E-state index contributed by atoms with van der Waals surface area (Å²) in [5.74, 6) is 0.349. The molecule has 0 unspecified atom stereocenters. The molecular weight excluding hydrogens is 583 g/mol. The number of anilines is 1. The first-order valence-corrected chi connectivity index (χ1v) is 16.1. The Hall–Kier alpha value is -1.93. The average Bonchev–Trinajstić information content (AvgIpc) is 3.30. The minimum absolute atomic E-state index is 0.229. The fourth-order valence-corrected chi connectivity index (χ4v) is 6.59. The lowest BCUT2D eigenvalue weighted by Gasteiger charge is -2.18. The lowest BCUT2D eigenvalue weighted by atomic mass is 10.2. The summed E-state index contributed by atoms with van der Waals surface area (Å²) in [7, 11) is -8.33. The molecule has 1 aliphatic rings. The number of ether oxygens (including phenoxy) is 1. The second kappa shape index (κ2) is 11.4. The molecule has 9 nitrogen and oxygen atoms in total. The highest BCUT2D eigenvalue weighted by Crippen LogP contribution is 2.41. The number of aryl methyl sites for hydroxylation is 1. The van der Waals surface area contributed by atoms with Gasteiger partial charge in [-0.15, -0.1) is 0 Å². The Morgan fingerprint density at radius 2 is 1.70 bits per heavy atom. The molecule has 0 atom stereocenters. The maximum absolute atomic E-state index is 11.1. The predicted octanol–water partition coefficient (Wildman–Crippen LogP) is 4.69. The van der Waals surface area contributed by atoms with E-state index in [1.807, 2.05) is 27.7 Å². The van der Waals surface area contributed by atoms with Crippen molar-refractivity contribution in [1.29, 1.82) is 0 Å². The van der Waals surface area contributed by atoms with Gasteiger partial charge in [-0.3, -0.25) is 4.55 Å². The predicted molar refractivity (Wildman–Crippen MR) is 144 cm³/mol. The van der Waals surface area contributed by atoms with Crippen molar-refractivity contribution in [2.45, 2.75) is 32.2 Å². The van der Waals surface area contributed by atoms with Crippen LogP contribution in [0.5, 0.6) is 5.75 Å². The second-order valence-corrected chi connectivity index (χ2v) is 13.5. The molecule has 0 radical (unpaired) electrons. The van der Waals surface area contributed by atoms with Crippen LogP contribution in [0, 0.1) is 0 Å². The Labute approximate surface area is 229 Å². The van der Waals surface area contributed by atoms with E-state index < -0.39 is 26.0 Å². The van der Waals surface area contributed by atoms with E-state index in [4.69, 9.17) is 32.5 Å². The van der Waals surface area contributed by atoms with Crippen molar-refractivity contribution in [1.82, 2.24) is 0 Å². The van der Waals surface area contributed by atoms with Gasteiger partial charge in [0.05, 0.1) is 27.6 Å². The summed E-state index contributed by atoms with van der Waals surface area (Å²) in [4.78, 5) is 1.90. The number of aromatic nitrogens is 1. The highest BCUT2D eigenvalue weighted by molar-refractivity contribution is 7.85. The summed E-state index contributed by atoms with van der Waals surface area (Å²) < 4.78 is 73.4. The normalized spacial score (nSPS) is 14.9. The molecule has 2 heterocycles. The van der Waals surface area contributed by atoms with Gasteiger partial charge in [-0.05, 0) is 49.6 Å². The zero-order chi connectivity index (χ0) is 26.8. The standard InChI is InChI=1S/C23H24Cl2N2O7S3/c24-16-5-7-20-18(13-16)26(9-1-3-11-36(28,29)30)22(34-20)15-23-27(10-2-4-12-37(31,32)33)19-14-17(25)6-8-21(19)35-23/h5-8,13-15H,1-4,9-12H2,(H-,28,29,30,31,32,33). The molecule has 0 aliphatic carbocycles. The number of halogens is 2. The van der Waals surface area contributed by atoms with Gasteiger partial charge in [0.15, 0.2) is 12.3 Å². The fourth-order valence-electron chi connectivity index (χ4n) is 4.03. The van der Waals surface area contributed by atoms with Crippen LogP contribution in [0.3, 0.4) is 0 Å². The first kappa shape index (κ1) is 28.1. The summed E-state index contributed by atoms with van der Waals surface area (Å²) in [5, 5.41) is 1.89. The maximum Gasteiger partial charge on any atom is 0.268 e. The highest BCUT2D eigenvalue weighted by atomic mass is 35.5. The number of thiazole rings is 1. The van der Waals surface area contributed by atoms with Crippen LogP contribution in [-0.2, 0) is 26.8 Å². The van der Waals surface area contributed by atoms with Crippen molar-refractivity contribution in [3.63, 3.8) is 0 Å². The zero-order valence-electron chi connectivity index (χ0n) is 19.5. The Bertz CT molecular complexity index is 1550. The Kier molecular flexibility index (Phi) is 8.68. The second-order valence-electron chi connectivity index (χ2n) is 8.51. The first-order chi connectivity index (χ1) is 17.4. The Morgan fingerprint density at radius 3 is 2.43 bits per heavy atom. The molecule has 37 heavy (non-hydrogen) atoms. The van der Waals surface area contributed by atoms with E-state index in [0.717, 1.165) is 20.9 Å². The van der Waals surface area contributed by atoms with Gasteiger partial charge in [0.1, 0.15) is 4.70 Å². The van der Waals surface area contributed by atoms with E-state index >= 15 is 0 Å². The van der Waals surface area contributed by atoms with E-state index in [0.29, 0.717) is 47.6 Å². The van der Waals surface area contributed by atoms with Crippen LogP contribution in [0.25, 0.3) is 16.3 Å². The number of nitrogens with zero attached hydrogens (tertiary/aromatic N) is 2. The maximum atomic E-state index is 11.1. The van der Waals surface area contributed by atoms with Crippen LogP contribution in [-0.4, -0.2) is 44.0 Å². The van der Waals surface area contributed by atoms with Gasteiger partial charge in [0, 0.05) is 34.8 Å². The molecule has 0 spiro atoms. The molecule has 3 aromatic rings. The minimum Gasteiger partial charge on any atom is -0.748 e. The molecule has 14 heteroatoms. The van der Waals surface area contributed by atoms with E-state index in [1.54, 1.807) is 24.3 Å². The topological polar surface area (TPSA) is 128 Å². The quantitative estimate of drug-likeness (QED) is 0.189. The highest BCUT2D eigenvalue weighted by Gasteiger charge is 2.29. The summed E-state index contributed by atoms with van der Waals surface area (Å²) in [5.41, 5.74) is 1.61. The third-order valence-electron chi connectivity index (χ3n) is 5.69. The number of hydrogen-bond donors (Lipinski definition) is 1. The van der Waals surface area contributed by atoms with Crippen LogP contribution in [0.2, 0.25) is 10.0 Å². The lowest BCUT2D eigenvalue weighted by Crippen LogP contribution is -2.35. The third-order valence-corrected chi connectivity index (χ3v) is 8.87. The lowest BCUT2D eigenvalue weighted by molar-refractivity contribution is -0.669. The van der Waals surface area contributed by atoms with E-state index in [2.05, 4.69) is 0 Å². The molecule has 0 bridgehead atoms. The average molecular weight is 608 g/mol. The molecule has 1 N–H and O–H groups in total. The molecule has 0 saturated carbocycles. The molecular formula is C23H24Cl2N2O7S3. The van der Waals surface area contributed by atoms with Crippen molar-refractivity contribution >= 4 is 76.8 Å². The summed E-state index contributed by atoms with van der Waals surface area (Å²) >= 11 is 14.0. The fraction of sp³-hybridized carbons (Fsp3) is 0.348. The van der Waals surface area contributed by atoms with Crippen LogP contribution in [0.1, 0.15) is 30.7 Å². The SMILES string of the molecule is O=S(=O)([O-])CCCC[n+]1c(C=C2Oc3ccc(Cl)cc3N2CCCCS(=O)(=O)O)sc2ccc(Cl)cc21. The van der Waals surface area contributed by atoms with Gasteiger partial charge in [0.2, 0.25) is 11.4 Å². The van der Waals surface area contributed by atoms with Crippen molar-refractivity contribution in [2.75, 3.05) is 23.0 Å². The van der Waals surface area contributed by atoms with Gasteiger partial charge in [-0.25, -0.2) is 8.42 Å². The molecule has 1 aromatic heterocycles. The summed E-state index contributed by atoms with van der Waals surface area (Å²) in [6, 6.07) is 10.8. The van der Waals surface area contributed by atoms with E-state index in [-0.39, 0.29) is 18.6 Å². The number of unbranched alkanes of at least 4 members (excludes halogenated alkanes) is 2. The van der Waals surface area contributed by atoms with Gasteiger partial charge in [-0.1, -0.05) is 34.5 Å². The van der Waals surface area contributed by atoms with E-state index in [9.17, 15) is 21.4 Å². The first-order valence-electron chi connectivity index (χ1n) is 11.4. The van der Waals surface area contributed by atoms with Crippen molar-refractivity contribution in [3.05, 3.63) is 57.3 Å². The van der Waals surface area contributed by atoms with Gasteiger partial charge < -0.3 is 14.2 Å². The zero-order valence-corrected chi connectivity index (χ0v) is 23.4. The monoisotopic (exact) mass is 606 g/mol. The van der Waals surface area contributed by atoms with Crippen molar-refractivity contribution in [3.8, 4) is 5.75 Å². The van der Waals surface area contributed by atoms with E-state index in [1.165, 1.54) is 11.3 Å². The van der Waals surface area contributed by atoms with Crippen LogP contribution in [0.15, 0.2) is 42.3 Å². The molecule has 0 fully saturated rings. The number of hydrogen-bond acceptors (Lipinski definition) is 8. The van der Waals surface area contributed by atoms with Crippen molar-refractivity contribution in [2.24, 2.45) is 0 Å². The van der Waals surface area contributed by atoms with Crippen molar-refractivity contribution < 1.29 is 35.2 Å². The molecule has 4 rings (SSSR count). The molecule has 0 amide bonds.